The van der Waals surface area contributed by atoms with E-state index in [9.17, 15) is 4.79 Å². The number of piperidine rings is 1. The number of likely N-dealkylation sites (tertiary alicyclic amines) is 1. The van der Waals surface area contributed by atoms with Gasteiger partial charge in [0.1, 0.15) is 5.69 Å². The highest BCUT2D eigenvalue weighted by molar-refractivity contribution is 9.10. The summed E-state index contributed by atoms with van der Waals surface area (Å²) in [5.74, 6) is -0.0731. The average molecular weight is 377 g/mol. The Kier molecular flexibility index (Phi) is 5.13. The van der Waals surface area contributed by atoms with Crippen molar-refractivity contribution >= 4 is 21.8 Å². The molecule has 2 aromatic rings. The minimum atomic E-state index is -0.0731. The molecule has 6 heteroatoms. The normalized spacial score (nSPS) is 16.4. The molecule has 1 aliphatic rings. The third-order valence-corrected chi connectivity index (χ3v) is 4.66. The Morgan fingerprint density at radius 1 is 1.35 bits per heavy atom. The monoisotopic (exact) mass is 376 g/mol. The van der Waals surface area contributed by atoms with Crippen molar-refractivity contribution in [1.29, 1.82) is 0 Å². The second-order valence-corrected chi connectivity index (χ2v) is 6.94. The van der Waals surface area contributed by atoms with Crippen molar-refractivity contribution in [2.45, 2.75) is 25.4 Å². The highest BCUT2D eigenvalue weighted by atomic mass is 79.9. The summed E-state index contributed by atoms with van der Waals surface area (Å²) >= 11 is 3.51. The molecule has 2 heterocycles. The summed E-state index contributed by atoms with van der Waals surface area (Å²) in [6, 6.07) is 10.4. The smallest absolute Gasteiger partial charge is 0.271 e. The van der Waals surface area contributed by atoms with E-state index in [4.69, 9.17) is 0 Å². The van der Waals surface area contributed by atoms with Crippen LogP contribution in [-0.4, -0.2) is 39.7 Å². The van der Waals surface area contributed by atoms with Crippen LogP contribution in [0.1, 0.15) is 28.9 Å². The van der Waals surface area contributed by atoms with Gasteiger partial charge >= 0.3 is 0 Å². The molecular weight excluding hydrogens is 356 g/mol. The van der Waals surface area contributed by atoms with Crippen LogP contribution in [0, 0.1) is 0 Å². The largest absolute Gasteiger partial charge is 0.348 e. The molecule has 122 valence electrons. The first kappa shape index (κ1) is 16.2. The van der Waals surface area contributed by atoms with Crippen LogP contribution in [0.2, 0.25) is 0 Å². The van der Waals surface area contributed by atoms with E-state index in [0.29, 0.717) is 5.69 Å². The summed E-state index contributed by atoms with van der Waals surface area (Å²) in [5, 5.41) is 7.24. The number of aromatic nitrogens is 2. The Balaban J connectivity index is 1.47. The molecule has 5 nitrogen and oxygen atoms in total. The van der Waals surface area contributed by atoms with Gasteiger partial charge in [-0.15, -0.1) is 0 Å². The number of benzene rings is 1. The Hall–Kier alpha value is -1.66. The summed E-state index contributed by atoms with van der Waals surface area (Å²) in [7, 11) is 1.82. The fraction of sp³-hybridized carbons (Fsp3) is 0.412. The molecule has 1 fully saturated rings. The molecule has 0 unspecified atom stereocenters. The quantitative estimate of drug-likeness (QED) is 0.891. The minimum Gasteiger partial charge on any atom is -0.348 e. The zero-order valence-electron chi connectivity index (χ0n) is 13.2. The molecule has 1 aromatic carbocycles. The first-order chi connectivity index (χ1) is 11.1. The van der Waals surface area contributed by atoms with Gasteiger partial charge in [-0.05, 0) is 36.6 Å². The molecule has 1 N–H and O–H groups in total. The number of halogens is 1. The van der Waals surface area contributed by atoms with Gasteiger partial charge in [-0.2, -0.15) is 5.10 Å². The van der Waals surface area contributed by atoms with E-state index in [2.05, 4.69) is 49.4 Å². The zero-order valence-corrected chi connectivity index (χ0v) is 14.8. The lowest BCUT2D eigenvalue weighted by Gasteiger charge is -2.32. The van der Waals surface area contributed by atoms with Crippen LogP contribution in [0.5, 0.6) is 0 Å². The van der Waals surface area contributed by atoms with Gasteiger partial charge in [-0.25, -0.2) is 0 Å². The molecule has 0 atom stereocenters. The van der Waals surface area contributed by atoms with Crippen molar-refractivity contribution in [3.05, 3.63) is 52.3 Å². The number of nitrogens with one attached hydrogen (secondary N) is 1. The maximum Gasteiger partial charge on any atom is 0.271 e. The van der Waals surface area contributed by atoms with E-state index in [1.165, 1.54) is 5.56 Å². The van der Waals surface area contributed by atoms with Gasteiger partial charge in [-0.3, -0.25) is 14.4 Å². The second kappa shape index (κ2) is 7.27. The van der Waals surface area contributed by atoms with Gasteiger partial charge < -0.3 is 5.32 Å². The summed E-state index contributed by atoms with van der Waals surface area (Å²) in [5.41, 5.74) is 1.81. The number of rotatable bonds is 4. The Morgan fingerprint density at radius 2 is 2.13 bits per heavy atom. The van der Waals surface area contributed by atoms with Gasteiger partial charge in [-0.1, -0.05) is 28.1 Å². The van der Waals surface area contributed by atoms with E-state index in [1.54, 1.807) is 16.9 Å². The Bertz CT molecular complexity index is 677. The lowest BCUT2D eigenvalue weighted by atomic mass is 10.0. The molecular formula is C17H21BrN4O. The number of carbonyl (C=O) groups is 1. The predicted molar refractivity (Wildman–Crippen MR) is 93.1 cm³/mol. The van der Waals surface area contributed by atoms with Gasteiger partial charge in [0, 0.05) is 43.4 Å². The molecule has 1 amide bonds. The molecule has 0 saturated carbocycles. The fourth-order valence-corrected chi connectivity index (χ4v) is 3.37. The zero-order chi connectivity index (χ0) is 16.2. The van der Waals surface area contributed by atoms with Gasteiger partial charge in [0.2, 0.25) is 0 Å². The van der Waals surface area contributed by atoms with Crippen LogP contribution in [-0.2, 0) is 13.6 Å². The SMILES string of the molecule is Cn1ccc(C(=O)NC2CCN(Cc3cccc(Br)c3)CC2)n1. The van der Waals surface area contributed by atoms with E-state index in [-0.39, 0.29) is 11.9 Å². The summed E-state index contributed by atoms with van der Waals surface area (Å²) in [6.07, 6.45) is 3.74. The first-order valence-electron chi connectivity index (χ1n) is 7.87. The van der Waals surface area contributed by atoms with Crippen molar-refractivity contribution < 1.29 is 4.79 Å². The van der Waals surface area contributed by atoms with Crippen molar-refractivity contribution in [2.75, 3.05) is 13.1 Å². The number of aryl methyl sites for hydroxylation is 1. The molecule has 0 aliphatic carbocycles. The standard InChI is InChI=1S/C17H21BrN4O/c1-21-8-7-16(20-21)17(23)19-15-5-9-22(10-6-15)12-13-3-2-4-14(18)11-13/h2-4,7-8,11,15H,5-6,9-10,12H2,1H3,(H,19,23). The van der Waals surface area contributed by atoms with Gasteiger partial charge in [0.15, 0.2) is 0 Å². The first-order valence-corrected chi connectivity index (χ1v) is 8.67. The highest BCUT2D eigenvalue weighted by Crippen LogP contribution is 2.17. The Morgan fingerprint density at radius 3 is 2.78 bits per heavy atom. The van der Waals surface area contributed by atoms with Crippen LogP contribution in [0.3, 0.4) is 0 Å². The van der Waals surface area contributed by atoms with E-state index in [1.807, 2.05) is 13.1 Å². The van der Waals surface area contributed by atoms with Crippen LogP contribution < -0.4 is 5.32 Å². The fourth-order valence-electron chi connectivity index (χ4n) is 2.92. The maximum atomic E-state index is 12.1. The van der Waals surface area contributed by atoms with E-state index >= 15 is 0 Å². The molecule has 1 saturated heterocycles. The van der Waals surface area contributed by atoms with Crippen LogP contribution in [0.25, 0.3) is 0 Å². The summed E-state index contributed by atoms with van der Waals surface area (Å²) < 4.78 is 2.77. The number of carbonyl (C=O) groups excluding carboxylic acids is 1. The van der Waals surface area contributed by atoms with Crippen LogP contribution >= 0.6 is 15.9 Å². The van der Waals surface area contributed by atoms with E-state index < -0.39 is 0 Å². The molecule has 0 bridgehead atoms. The molecule has 1 aliphatic heterocycles. The predicted octanol–water partition coefficient (Wildman–Crippen LogP) is 2.58. The minimum absolute atomic E-state index is 0.0731. The topological polar surface area (TPSA) is 50.2 Å². The second-order valence-electron chi connectivity index (χ2n) is 6.03. The summed E-state index contributed by atoms with van der Waals surface area (Å²) in [6.45, 7) is 2.96. The van der Waals surface area contributed by atoms with Crippen LogP contribution in [0.4, 0.5) is 0 Å². The number of nitrogens with zero attached hydrogens (tertiary/aromatic N) is 3. The molecule has 0 spiro atoms. The highest BCUT2D eigenvalue weighted by Gasteiger charge is 2.21. The number of amides is 1. The Labute approximate surface area is 144 Å². The number of hydrogen-bond donors (Lipinski definition) is 1. The van der Waals surface area contributed by atoms with Crippen molar-refractivity contribution in [3.63, 3.8) is 0 Å². The average Bonchev–Trinajstić information content (AvgIpc) is 2.96. The van der Waals surface area contributed by atoms with Gasteiger partial charge in [0.25, 0.3) is 5.91 Å². The van der Waals surface area contributed by atoms with E-state index in [0.717, 1.165) is 36.9 Å². The molecule has 0 radical (unpaired) electrons. The molecule has 23 heavy (non-hydrogen) atoms. The molecule has 1 aromatic heterocycles. The number of hydrogen-bond acceptors (Lipinski definition) is 3. The third kappa shape index (κ3) is 4.42. The lowest BCUT2D eigenvalue weighted by Crippen LogP contribution is -2.44. The van der Waals surface area contributed by atoms with Crippen molar-refractivity contribution in [1.82, 2.24) is 20.0 Å². The van der Waals surface area contributed by atoms with Crippen molar-refractivity contribution in [3.8, 4) is 0 Å². The molecule has 3 rings (SSSR count). The van der Waals surface area contributed by atoms with Crippen molar-refractivity contribution in [2.24, 2.45) is 7.05 Å². The van der Waals surface area contributed by atoms with Crippen LogP contribution in [0.15, 0.2) is 41.0 Å². The third-order valence-electron chi connectivity index (χ3n) is 4.16. The summed E-state index contributed by atoms with van der Waals surface area (Å²) in [4.78, 5) is 14.6. The lowest BCUT2D eigenvalue weighted by molar-refractivity contribution is 0.0903. The maximum absolute atomic E-state index is 12.1. The van der Waals surface area contributed by atoms with Gasteiger partial charge in [0.05, 0.1) is 0 Å².